The van der Waals surface area contributed by atoms with Gasteiger partial charge in [-0.15, -0.1) is 5.10 Å². The van der Waals surface area contributed by atoms with Crippen LogP contribution in [0.3, 0.4) is 0 Å². The fourth-order valence-corrected chi connectivity index (χ4v) is 1.69. The number of nitrogens with zero attached hydrogens (tertiary/aromatic N) is 2. The van der Waals surface area contributed by atoms with Crippen molar-refractivity contribution in [2.45, 2.75) is 27.7 Å². The van der Waals surface area contributed by atoms with Gasteiger partial charge in [0.25, 0.3) is 0 Å². The van der Waals surface area contributed by atoms with Gasteiger partial charge in [0.05, 0.1) is 13.1 Å². The Morgan fingerprint density at radius 1 is 1.06 bits per heavy atom. The summed E-state index contributed by atoms with van der Waals surface area (Å²) >= 11 is 0. The molecule has 1 aromatic rings. The molecule has 0 saturated heterocycles. The Labute approximate surface area is 127 Å². The van der Waals surface area contributed by atoms with Crippen LogP contribution in [-0.4, -0.2) is 37.4 Å². The maximum atomic E-state index is 5.75. The molecule has 0 radical (unpaired) electrons. The lowest BCUT2D eigenvalue weighted by Crippen LogP contribution is -3.00. The zero-order valence-electron chi connectivity index (χ0n) is 11.7. The van der Waals surface area contributed by atoms with Crippen LogP contribution in [0.4, 0.5) is 5.88 Å². The number of hydrazine groups is 1. The van der Waals surface area contributed by atoms with E-state index in [-0.39, 0.29) is 24.0 Å². The summed E-state index contributed by atoms with van der Waals surface area (Å²) in [7, 11) is 0. The second-order valence-corrected chi connectivity index (χ2v) is 3.79. The highest BCUT2D eigenvalue weighted by molar-refractivity contribution is 5.71. The van der Waals surface area contributed by atoms with E-state index in [1.54, 1.807) is 0 Å². The molecule has 0 fully saturated rings. The summed E-state index contributed by atoms with van der Waals surface area (Å²) in [4.78, 5) is 2.19. The van der Waals surface area contributed by atoms with E-state index >= 15 is 0 Å². The van der Waals surface area contributed by atoms with Crippen LogP contribution in [0.1, 0.15) is 33.5 Å². The first-order valence-electron chi connectivity index (χ1n) is 6.44. The first-order chi connectivity index (χ1) is 8.24. The second-order valence-electron chi connectivity index (χ2n) is 3.79. The zero-order valence-corrected chi connectivity index (χ0v) is 13.9. The van der Waals surface area contributed by atoms with Gasteiger partial charge in [-0.25, -0.2) is 0 Å². The van der Waals surface area contributed by atoms with E-state index in [1.807, 2.05) is 18.3 Å². The summed E-state index contributed by atoms with van der Waals surface area (Å²) < 4.78 is 5.75. The normalized spacial score (nSPS) is 10.4. The number of halogens is 1. The lowest BCUT2D eigenvalue weighted by Gasteiger charge is -2.16. The molecule has 0 spiro atoms. The molecule has 0 bridgehead atoms. The Bertz CT molecular complexity index is 344. The van der Waals surface area contributed by atoms with Crippen LogP contribution in [0.5, 0.6) is 0 Å². The molecule has 1 heterocycles. The van der Waals surface area contributed by atoms with Gasteiger partial charge in [0, 0.05) is 19.2 Å². The topological polar surface area (TPSA) is 33.6 Å². The Morgan fingerprint density at radius 3 is 2.17 bits per heavy atom. The van der Waals surface area contributed by atoms with E-state index < -0.39 is 0 Å². The van der Waals surface area contributed by atoms with Gasteiger partial charge in [-0.3, -0.25) is 0 Å². The van der Waals surface area contributed by atoms with E-state index in [0.29, 0.717) is 0 Å². The first kappa shape index (κ1) is 17.3. The molecular weight excluding hydrogens is 341 g/mol. The second kappa shape index (κ2) is 9.24. The average molecular weight is 365 g/mol. The number of anilines is 1. The third-order valence-corrected chi connectivity index (χ3v) is 2.84. The average Bonchev–Trinajstić information content (AvgIpc) is 2.81. The third kappa shape index (κ3) is 4.88. The molecule has 0 aromatic carbocycles. The van der Waals surface area contributed by atoms with Crippen molar-refractivity contribution in [2.24, 2.45) is 0 Å². The Balaban J connectivity index is 0.00000289. The van der Waals surface area contributed by atoms with Gasteiger partial charge < -0.3 is 33.3 Å². The van der Waals surface area contributed by atoms with Gasteiger partial charge in [-0.1, -0.05) is 0 Å². The van der Waals surface area contributed by atoms with Gasteiger partial charge >= 0.3 is 0 Å². The highest BCUT2D eigenvalue weighted by atomic mass is 127. The van der Waals surface area contributed by atoms with Crippen LogP contribution in [0, 0.1) is 0 Å². The Morgan fingerprint density at radius 2 is 1.67 bits per heavy atom. The maximum Gasteiger partial charge on any atom is 0.233 e. The zero-order chi connectivity index (χ0) is 12.7. The van der Waals surface area contributed by atoms with Crippen LogP contribution in [-0.2, 0) is 0 Å². The van der Waals surface area contributed by atoms with E-state index in [4.69, 9.17) is 4.42 Å². The van der Waals surface area contributed by atoms with Crippen LogP contribution < -0.4 is 34.0 Å². The van der Waals surface area contributed by atoms with E-state index in [9.17, 15) is 0 Å². The minimum Gasteiger partial charge on any atom is -1.00 e. The molecule has 0 unspecified atom stereocenters. The third-order valence-electron chi connectivity index (χ3n) is 2.84. The van der Waals surface area contributed by atoms with Crippen molar-refractivity contribution in [2.75, 3.05) is 31.1 Å². The minimum absolute atomic E-state index is 0. The molecular formula is C13H24IN3O. The molecule has 0 saturated carbocycles. The van der Waals surface area contributed by atoms with Crippen molar-refractivity contribution in [3.8, 4) is 0 Å². The van der Waals surface area contributed by atoms with Crippen molar-refractivity contribution in [1.82, 2.24) is 5.01 Å². The minimum atomic E-state index is 0. The first-order valence-corrected chi connectivity index (χ1v) is 6.44. The van der Waals surface area contributed by atoms with Crippen molar-refractivity contribution in [3.05, 3.63) is 17.9 Å². The summed E-state index contributed by atoms with van der Waals surface area (Å²) in [6.45, 7) is 12.4. The van der Waals surface area contributed by atoms with Gasteiger partial charge in [-0.2, -0.15) is 5.01 Å². The van der Waals surface area contributed by atoms with E-state index in [1.165, 1.54) is 0 Å². The van der Waals surface area contributed by atoms with Crippen LogP contribution in [0.2, 0.25) is 0 Å². The largest absolute Gasteiger partial charge is 1.00 e. The number of rotatable bonds is 7. The van der Waals surface area contributed by atoms with Crippen LogP contribution >= 0.6 is 0 Å². The summed E-state index contributed by atoms with van der Waals surface area (Å²) in [5, 5.41) is 5.33. The van der Waals surface area contributed by atoms with Crippen LogP contribution in [0.15, 0.2) is 16.5 Å². The summed E-state index contributed by atoms with van der Waals surface area (Å²) in [5.41, 5.74) is 0. The Kier molecular flexibility index (Phi) is 8.87. The number of hydrazone groups is 1. The SMILES string of the molecule is CCN(CC)[NH+]=Cc1ccc(N(CC)CC)o1.[I-]. The molecule has 18 heavy (non-hydrogen) atoms. The van der Waals surface area contributed by atoms with Crippen molar-refractivity contribution in [3.63, 3.8) is 0 Å². The number of hydrogen-bond acceptors (Lipinski definition) is 3. The highest BCUT2D eigenvalue weighted by Gasteiger charge is 2.08. The van der Waals surface area contributed by atoms with Crippen molar-refractivity contribution >= 4 is 12.1 Å². The molecule has 1 rings (SSSR count). The highest BCUT2D eigenvalue weighted by Crippen LogP contribution is 2.16. The number of furan rings is 1. The van der Waals surface area contributed by atoms with Gasteiger partial charge in [0.15, 0.2) is 11.6 Å². The fraction of sp³-hybridized carbons (Fsp3) is 0.615. The standard InChI is InChI=1S/C13H23N3O.HI/c1-5-15(6-2)13-10-9-12(17-13)11-14-16(7-3)8-4;/h9-11H,5-8H2,1-4H3;1H. The van der Waals surface area contributed by atoms with Gasteiger partial charge in [0.1, 0.15) is 0 Å². The predicted octanol–water partition coefficient (Wildman–Crippen LogP) is -2.11. The summed E-state index contributed by atoms with van der Waals surface area (Å²) in [5.74, 6) is 1.79. The lowest BCUT2D eigenvalue weighted by molar-refractivity contribution is -0.640. The molecule has 0 amide bonds. The predicted molar refractivity (Wildman–Crippen MR) is 71.3 cm³/mol. The smallest absolute Gasteiger partial charge is 0.233 e. The Hall–Kier alpha value is -0.720. The summed E-state index contributed by atoms with van der Waals surface area (Å²) in [6.07, 6.45) is 1.90. The van der Waals surface area contributed by atoms with Gasteiger partial charge in [-0.05, 0) is 33.8 Å². The van der Waals surface area contributed by atoms with Gasteiger partial charge in [0.2, 0.25) is 6.21 Å². The van der Waals surface area contributed by atoms with Crippen molar-refractivity contribution < 1.29 is 33.5 Å². The molecule has 0 aliphatic carbocycles. The molecule has 1 aromatic heterocycles. The molecule has 0 atom stereocenters. The molecule has 4 nitrogen and oxygen atoms in total. The summed E-state index contributed by atoms with van der Waals surface area (Å²) in [6, 6.07) is 4.01. The monoisotopic (exact) mass is 365 g/mol. The van der Waals surface area contributed by atoms with E-state index in [2.05, 4.69) is 42.7 Å². The maximum absolute atomic E-state index is 5.75. The molecule has 0 aliphatic heterocycles. The van der Waals surface area contributed by atoms with E-state index in [0.717, 1.165) is 37.8 Å². The molecule has 5 heteroatoms. The molecule has 0 aliphatic rings. The number of hydrogen-bond donors (Lipinski definition) is 1. The fourth-order valence-electron chi connectivity index (χ4n) is 1.69. The molecule has 1 N–H and O–H groups in total. The lowest BCUT2D eigenvalue weighted by atomic mass is 10.4. The quantitative estimate of drug-likeness (QED) is 0.341. The van der Waals surface area contributed by atoms with Crippen molar-refractivity contribution in [1.29, 1.82) is 0 Å². The molecule has 104 valence electrons. The number of nitrogens with one attached hydrogen (secondary N) is 1. The van der Waals surface area contributed by atoms with Crippen LogP contribution in [0.25, 0.3) is 0 Å².